The Morgan fingerprint density at radius 1 is 1.41 bits per heavy atom. The van der Waals surface area contributed by atoms with E-state index < -0.39 is 10.7 Å². The first kappa shape index (κ1) is 15.1. The summed E-state index contributed by atoms with van der Waals surface area (Å²) in [5.74, 6) is -0.218. The average Bonchev–Trinajstić information content (AvgIpc) is 2.95. The van der Waals surface area contributed by atoms with Crippen molar-refractivity contribution in [3.8, 4) is 5.75 Å². The molecule has 1 aromatic carbocycles. The third-order valence-electron chi connectivity index (χ3n) is 4.04. The molecule has 0 atom stereocenters. The topological polar surface area (TPSA) is 74.1 Å². The van der Waals surface area contributed by atoms with Crippen LogP contribution in [-0.4, -0.2) is 43.6 Å². The lowest BCUT2D eigenvalue weighted by atomic mass is 10.0. The van der Waals surface area contributed by atoms with E-state index in [-0.39, 0.29) is 5.69 Å². The van der Waals surface area contributed by atoms with E-state index in [0.717, 1.165) is 25.1 Å². The van der Waals surface area contributed by atoms with Gasteiger partial charge in [0.2, 0.25) is 0 Å². The Balaban J connectivity index is 1.84. The quantitative estimate of drug-likeness (QED) is 0.628. The van der Waals surface area contributed by atoms with Crippen LogP contribution in [0.5, 0.6) is 5.75 Å². The van der Waals surface area contributed by atoms with Crippen LogP contribution in [0.1, 0.15) is 19.8 Å². The number of nitro benzene ring substituents is 1. The highest BCUT2D eigenvalue weighted by Gasteiger charge is 2.41. The highest BCUT2D eigenvalue weighted by molar-refractivity contribution is 5.59. The van der Waals surface area contributed by atoms with Gasteiger partial charge in [-0.2, -0.15) is 0 Å². The number of hydrogen-bond donors (Lipinski definition) is 0. The van der Waals surface area contributed by atoms with Crippen LogP contribution in [0.15, 0.2) is 18.2 Å². The van der Waals surface area contributed by atoms with E-state index in [9.17, 15) is 10.1 Å². The third kappa shape index (κ3) is 2.86. The van der Waals surface area contributed by atoms with Crippen LogP contribution < -0.4 is 9.64 Å². The van der Waals surface area contributed by atoms with E-state index in [1.165, 1.54) is 6.07 Å². The van der Waals surface area contributed by atoms with Crippen LogP contribution >= 0.6 is 0 Å². The lowest BCUT2D eigenvalue weighted by molar-refractivity contribution is -0.385. The van der Waals surface area contributed by atoms with Gasteiger partial charge >= 0.3 is 5.69 Å². The van der Waals surface area contributed by atoms with E-state index in [0.29, 0.717) is 32.1 Å². The number of hydrogen-bond acceptors (Lipinski definition) is 6. The predicted molar refractivity (Wildman–Crippen MR) is 80.3 cm³/mol. The number of nitrogens with zero attached hydrogens (tertiary/aromatic N) is 2. The van der Waals surface area contributed by atoms with Crippen LogP contribution in [0.25, 0.3) is 0 Å². The summed E-state index contributed by atoms with van der Waals surface area (Å²) in [5, 5.41) is 11.1. The van der Waals surface area contributed by atoms with Gasteiger partial charge in [0.05, 0.1) is 31.3 Å². The molecule has 1 aromatic rings. The third-order valence-corrected chi connectivity index (χ3v) is 4.04. The molecule has 2 aliphatic rings. The van der Waals surface area contributed by atoms with E-state index in [1.54, 1.807) is 12.1 Å². The fourth-order valence-corrected chi connectivity index (χ4v) is 3.06. The molecule has 0 N–H and O–H groups in total. The lowest BCUT2D eigenvalue weighted by Crippen LogP contribution is -2.49. The summed E-state index contributed by atoms with van der Waals surface area (Å²) in [6, 6.07) is 4.99. The number of nitro groups is 1. The molecular weight excluding hydrogens is 288 g/mol. The standard InChI is InChI=1S/C15H20N2O5/c1-2-20-14-10-12(4-5-13(14)17(18)19)16-7-3-6-15(11-16)21-8-9-22-15/h4-5,10H,2-3,6-9,11H2,1H3. The second-order valence-electron chi connectivity index (χ2n) is 5.47. The maximum absolute atomic E-state index is 11.1. The summed E-state index contributed by atoms with van der Waals surface area (Å²) in [5.41, 5.74) is 0.887. The van der Waals surface area contributed by atoms with Crippen LogP contribution in [0, 0.1) is 10.1 Å². The van der Waals surface area contributed by atoms with E-state index in [1.807, 2.05) is 6.92 Å². The summed E-state index contributed by atoms with van der Waals surface area (Å²) in [4.78, 5) is 12.8. The zero-order chi connectivity index (χ0) is 15.6. The fraction of sp³-hybridized carbons (Fsp3) is 0.600. The molecule has 2 heterocycles. The largest absolute Gasteiger partial charge is 0.487 e. The Labute approximate surface area is 128 Å². The van der Waals surface area contributed by atoms with Crippen LogP contribution in [-0.2, 0) is 9.47 Å². The molecule has 2 saturated heterocycles. The minimum absolute atomic E-state index is 0.00862. The molecule has 2 aliphatic heterocycles. The molecule has 7 nitrogen and oxygen atoms in total. The Hall–Kier alpha value is -1.86. The van der Waals surface area contributed by atoms with Gasteiger partial charge in [-0.05, 0) is 19.4 Å². The summed E-state index contributed by atoms with van der Waals surface area (Å²) >= 11 is 0. The molecule has 3 rings (SSSR count). The van der Waals surface area contributed by atoms with Gasteiger partial charge in [-0.25, -0.2) is 0 Å². The molecule has 0 unspecified atom stereocenters. The van der Waals surface area contributed by atoms with Crippen molar-refractivity contribution in [2.75, 3.05) is 37.8 Å². The minimum Gasteiger partial charge on any atom is -0.487 e. The van der Waals surface area contributed by atoms with Crippen molar-refractivity contribution in [1.82, 2.24) is 0 Å². The Bertz CT molecular complexity index is 557. The normalized spacial score (nSPS) is 20.3. The van der Waals surface area contributed by atoms with E-state index >= 15 is 0 Å². The number of anilines is 1. The molecule has 0 bridgehead atoms. The van der Waals surface area contributed by atoms with Crippen LogP contribution in [0.3, 0.4) is 0 Å². The summed E-state index contributed by atoms with van der Waals surface area (Å²) in [6.45, 7) is 4.96. The number of rotatable bonds is 4. The van der Waals surface area contributed by atoms with Gasteiger partial charge in [-0.3, -0.25) is 10.1 Å². The summed E-state index contributed by atoms with van der Waals surface area (Å²) in [7, 11) is 0. The van der Waals surface area contributed by atoms with Crippen molar-refractivity contribution in [2.24, 2.45) is 0 Å². The molecule has 120 valence electrons. The predicted octanol–water partition coefficient (Wildman–Crippen LogP) is 2.34. The molecular formula is C15H20N2O5. The van der Waals surface area contributed by atoms with Crippen molar-refractivity contribution < 1.29 is 19.1 Å². The first-order chi connectivity index (χ1) is 10.6. The van der Waals surface area contributed by atoms with Gasteiger partial charge in [-0.1, -0.05) is 0 Å². The average molecular weight is 308 g/mol. The Kier molecular flexibility index (Phi) is 4.17. The molecule has 2 fully saturated rings. The molecule has 0 radical (unpaired) electrons. The molecule has 0 saturated carbocycles. The number of piperidine rings is 1. The molecule has 0 aliphatic carbocycles. The van der Waals surface area contributed by atoms with Gasteiger partial charge in [0.25, 0.3) is 0 Å². The van der Waals surface area contributed by atoms with Crippen molar-refractivity contribution in [3.05, 3.63) is 28.3 Å². The maximum atomic E-state index is 11.1. The highest BCUT2D eigenvalue weighted by Crippen LogP contribution is 2.36. The van der Waals surface area contributed by atoms with Gasteiger partial charge in [0.1, 0.15) is 0 Å². The van der Waals surface area contributed by atoms with Crippen molar-refractivity contribution in [3.63, 3.8) is 0 Å². The van der Waals surface area contributed by atoms with Gasteiger partial charge in [0.15, 0.2) is 11.5 Å². The summed E-state index contributed by atoms with van der Waals surface area (Å²) in [6.07, 6.45) is 1.84. The molecule has 22 heavy (non-hydrogen) atoms. The summed E-state index contributed by atoms with van der Waals surface area (Å²) < 4.78 is 17.0. The van der Waals surface area contributed by atoms with Gasteiger partial charge < -0.3 is 19.1 Å². The second-order valence-corrected chi connectivity index (χ2v) is 5.47. The van der Waals surface area contributed by atoms with Crippen molar-refractivity contribution >= 4 is 11.4 Å². The fourth-order valence-electron chi connectivity index (χ4n) is 3.06. The van der Waals surface area contributed by atoms with E-state index in [2.05, 4.69) is 4.90 Å². The SMILES string of the molecule is CCOc1cc(N2CCCC3(C2)OCCO3)ccc1[N+](=O)[O-]. The highest BCUT2D eigenvalue weighted by atomic mass is 16.7. The first-order valence-electron chi connectivity index (χ1n) is 7.58. The lowest BCUT2D eigenvalue weighted by Gasteiger charge is -2.39. The molecule has 7 heteroatoms. The number of ether oxygens (including phenoxy) is 3. The van der Waals surface area contributed by atoms with Crippen LogP contribution in [0.2, 0.25) is 0 Å². The monoisotopic (exact) mass is 308 g/mol. The van der Waals surface area contributed by atoms with Crippen LogP contribution in [0.4, 0.5) is 11.4 Å². The van der Waals surface area contributed by atoms with Crippen molar-refractivity contribution in [1.29, 1.82) is 0 Å². The maximum Gasteiger partial charge on any atom is 0.311 e. The minimum atomic E-state index is -0.522. The zero-order valence-electron chi connectivity index (χ0n) is 12.6. The second kappa shape index (κ2) is 6.10. The Morgan fingerprint density at radius 2 is 2.18 bits per heavy atom. The van der Waals surface area contributed by atoms with E-state index in [4.69, 9.17) is 14.2 Å². The zero-order valence-corrected chi connectivity index (χ0v) is 12.6. The Morgan fingerprint density at radius 3 is 2.86 bits per heavy atom. The molecule has 0 aromatic heterocycles. The van der Waals surface area contributed by atoms with Gasteiger partial charge in [0, 0.05) is 30.8 Å². The van der Waals surface area contributed by atoms with Crippen molar-refractivity contribution in [2.45, 2.75) is 25.6 Å². The first-order valence-corrected chi connectivity index (χ1v) is 7.58. The molecule has 1 spiro atoms. The molecule has 0 amide bonds. The number of benzene rings is 1. The smallest absolute Gasteiger partial charge is 0.311 e. The van der Waals surface area contributed by atoms with Gasteiger partial charge in [-0.15, -0.1) is 0 Å².